The number of carbonyl (C=O) groups excluding carboxylic acids is 1. The zero-order valence-electron chi connectivity index (χ0n) is 9.51. The lowest BCUT2D eigenvalue weighted by molar-refractivity contribution is -0.162. The lowest BCUT2D eigenvalue weighted by atomic mass is 9.92. The highest BCUT2D eigenvalue weighted by Crippen LogP contribution is 2.34. The maximum Gasteiger partial charge on any atom is 0.246 e. The molecule has 5 nitrogen and oxygen atoms in total. The van der Waals surface area contributed by atoms with Crippen LogP contribution in [0.3, 0.4) is 0 Å². The number of likely N-dealkylation sites (tertiary alicyclic amines) is 1. The first-order valence-electron chi connectivity index (χ1n) is 5.07. The molecule has 0 radical (unpaired) electrons. The maximum atomic E-state index is 11.4. The Morgan fingerprint density at radius 3 is 2.81 bits per heavy atom. The highest BCUT2D eigenvalue weighted by Gasteiger charge is 2.49. The highest BCUT2D eigenvalue weighted by atomic mass is 16.5. The predicted octanol–water partition coefficient (Wildman–Crippen LogP) is 0.290. The molecule has 86 valence electrons. The van der Waals surface area contributed by atoms with Crippen molar-refractivity contribution >= 4 is 5.91 Å². The van der Waals surface area contributed by atoms with Crippen molar-refractivity contribution in [2.45, 2.75) is 5.60 Å². The van der Waals surface area contributed by atoms with Crippen molar-refractivity contribution in [3.63, 3.8) is 0 Å². The van der Waals surface area contributed by atoms with E-state index in [0.29, 0.717) is 13.1 Å². The van der Waals surface area contributed by atoms with Gasteiger partial charge in [0.1, 0.15) is 5.82 Å². The second-order valence-corrected chi connectivity index (χ2v) is 3.96. The van der Waals surface area contributed by atoms with E-state index >= 15 is 0 Å². The van der Waals surface area contributed by atoms with E-state index in [-0.39, 0.29) is 5.91 Å². The van der Waals surface area contributed by atoms with Gasteiger partial charge in [0.05, 0.1) is 13.1 Å². The quantitative estimate of drug-likeness (QED) is 0.689. The van der Waals surface area contributed by atoms with E-state index in [1.165, 1.54) is 6.08 Å². The lowest BCUT2D eigenvalue weighted by Crippen LogP contribution is -2.62. The maximum absolute atomic E-state index is 11.4. The van der Waals surface area contributed by atoms with E-state index in [2.05, 4.69) is 11.6 Å². The molecule has 1 aromatic rings. The third-order valence-corrected chi connectivity index (χ3v) is 3.00. The first kappa shape index (κ1) is 10.9. The van der Waals surface area contributed by atoms with E-state index in [1.54, 1.807) is 18.2 Å². The minimum Gasteiger partial charge on any atom is -0.367 e. The Labute approximate surface area is 94.3 Å². The zero-order valence-corrected chi connectivity index (χ0v) is 9.51. The van der Waals surface area contributed by atoms with Crippen molar-refractivity contribution in [2.75, 3.05) is 20.2 Å². The molecule has 1 amide bonds. The fourth-order valence-electron chi connectivity index (χ4n) is 2.02. The summed E-state index contributed by atoms with van der Waals surface area (Å²) in [5, 5.41) is 0. The zero-order chi connectivity index (χ0) is 11.8. The van der Waals surface area contributed by atoms with Gasteiger partial charge in [0, 0.05) is 26.6 Å². The van der Waals surface area contributed by atoms with Crippen LogP contribution >= 0.6 is 0 Å². The molecule has 1 fully saturated rings. The van der Waals surface area contributed by atoms with Gasteiger partial charge < -0.3 is 14.2 Å². The van der Waals surface area contributed by atoms with Crippen LogP contribution in [0.4, 0.5) is 0 Å². The van der Waals surface area contributed by atoms with Crippen LogP contribution in [-0.4, -0.2) is 40.6 Å². The van der Waals surface area contributed by atoms with Gasteiger partial charge in [-0.2, -0.15) is 0 Å². The largest absolute Gasteiger partial charge is 0.367 e. The molecule has 0 atom stereocenters. The van der Waals surface area contributed by atoms with E-state index in [0.717, 1.165) is 5.82 Å². The number of imidazole rings is 1. The van der Waals surface area contributed by atoms with Crippen molar-refractivity contribution < 1.29 is 9.53 Å². The summed E-state index contributed by atoms with van der Waals surface area (Å²) in [6, 6.07) is 0. The average molecular weight is 221 g/mol. The topological polar surface area (TPSA) is 47.4 Å². The molecule has 1 saturated heterocycles. The van der Waals surface area contributed by atoms with Gasteiger partial charge in [-0.05, 0) is 6.08 Å². The van der Waals surface area contributed by atoms with Crippen LogP contribution < -0.4 is 0 Å². The Bertz CT molecular complexity index is 419. The number of aryl methyl sites for hydroxylation is 1. The van der Waals surface area contributed by atoms with Gasteiger partial charge in [-0.1, -0.05) is 6.58 Å². The summed E-state index contributed by atoms with van der Waals surface area (Å²) in [5.41, 5.74) is -0.461. The summed E-state index contributed by atoms with van der Waals surface area (Å²) >= 11 is 0. The summed E-state index contributed by atoms with van der Waals surface area (Å²) in [4.78, 5) is 17.3. The first-order valence-corrected chi connectivity index (χ1v) is 5.07. The number of carbonyl (C=O) groups is 1. The van der Waals surface area contributed by atoms with Gasteiger partial charge >= 0.3 is 0 Å². The summed E-state index contributed by atoms with van der Waals surface area (Å²) in [6.45, 7) is 4.52. The number of nitrogens with zero attached hydrogens (tertiary/aromatic N) is 3. The minimum absolute atomic E-state index is 0.0677. The van der Waals surface area contributed by atoms with E-state index in [4.69, 9.17) is 4.74 Å². The fraction of sp³-hybridized carbons (Fsp3) is 0.455. The number of rotatable bonds is 3. The number of hydrogen-bond donors (Lipinski definition) is 0. The molecule has 1 aromatic heterocycles. The minimum atomic E-state index is -0.461. The average Bonchev–Trinajstić information content (AvgIpc) is 2.64. The van der Waals surface area contributed by atoms with Crippen LogP contribution in [-0.2, 0) is 22.2 Å². The molecule has 16 heavy (non-hydrogen) atoms. The smallest absolute Gasteiger partial charge is 0.246 e. The molecule has 0 saturated carbocycles. The van der Waals surface area contributed by atoms with Gasteiger partial charge in [0.25, 0.3) is 0 Å². The Morgan fingerprint density at radius 1 is 1.69 bits per heavy atom. The number of aromatic nitrogens is 2. The monoisotopic (exact) mass is 221 g/mol. The Balaban J connectivity index is 2.18. The molecule has 2 heterocycles. The molecule has 0 unspecified atom stereocenters. The van der Waals surface area contributed by atoms with Crippen LogP contribution in [0.1, 0.15) is 5.82 Å². The lowest BCUT2D eigenvalue weighted by Gasteiger charge is -2.47. The number of ether oxygens (including phenoxy) is 1. The van der Waals surface area contributed by atoms with Gasteiger partial charge in [0.15, 0.2) is 5.60 Å². The molecular weight excluding hydrogens is 206 g/mol. The van der Waals surface area contributed by atoms with Crippen molar-refractivity contribution in [1.29, 1.82) is 0 Å². The number of methoxy groups -OCH3 is 1. The van der Waals surface area contributed by atoms with Crippen LogP contribution in [0, 0.1) is 0 Å². The van der Waals surface area contributed by atoms with Crippen LogP contribution in [0.25, 0.3) is 0 Å². The normalized spacial score (nSPS) is 18.0. The molecule has 0 spiro atoms. The Kier molecular flexibility index (Phi) is 2.55. The summed E-state index contributed by atoms with van der Waals surface area (Å²) in [6.07, 6.45) is 4.92. The number of amides is 1. The molecule has 0 N–H and O–H groups in total. The van der Waals surface area contributed by atoms with E-state index in [1.807, 2.05) is 17.8 Å². The van der Waals surface area contributed by atoms with E-state index in [9.17, 15) is 4.79 Å². The molecule has 1 aliphatic heterocycles. The van der Waals surface area contributed by atoms with Crippen molar-refractivity contribution in [1.82, 2.24) is 14.5 Å². The summed E-state index contributed by atoms with van der Waals surface area (Å²) in [5.74, 6) is 0.782. The molecular formula is C11H15N3O2. The second-order valence-electron chi connectivity index (χ2n) is 3.96. The van der Waals surface area contributed by atoms with Crippen molar-refractivity contribution in [3.8, 4) is 0 Å². The highest BCUT2D eigenvalue weighted by molar-refractivity contribution is 5.87. The van der Waals surface area contributed by atoms with Crippen LogP contribution in [0.15, 0.2) is 25.0 Å². The Hall–Kier alpha value is -1.62. The van der Waals surface area contributed by atoms with Crippen LogP contribution in [0.5, 0.6) is 0 Å². The van der Waals surface area contributed by atoms with Crippen molar-refractivity contribution in [3.05, 3.63) is 30.9 Å². The van der Waals surface area contributed by atoms with Gasteiger partial charge in [-0.3, -0.25) is 4.79 Å². The predicted molar refractivity (Wildman–Crippen MR) is 58.7 cm³/mol. The first-order chi connectivity index (χ1) is 7.63. The summed E-state index contributed by atoms with van der Waals surface area (Å²) in [7, 11) is 3.56. The second kappa shape index (κ2) is 3.75. The summed E-state index contributed by atoms with van der Waals surface area (Å²) < 4.78 is 7.43. The van der Waals surface area contributed by atoms with E-state index < -0.39 is 5.60 Å². The Morgan fingerprint density at radius 2 is 2.38 bits per heavy atom. The van der Waals surface area contributed by atoms with Crippen molar-refractivity contribution in [2.24, 2.45) is 7.05 Å². The van der Waals surface area contributed by atoms with Crippen LogP contribution in [0.2, 0.25) is 0 Å². The molecule has 0 bridgehead atoms. The SMILES string of the molecule is C=CC(=O)N1CC(OC)(c2nccn2C)C1. The molecule has 1 aliphatic rings. The number of hydrogen-bond acceptors (Lipinski definition) is 3. The van der Waals surface area contributed by atoms with Gasteiger partial charge in [-0.25, -0.2) is 4.98 Å². The van der Waals surface area contributed by atoms with Gasteiger partial charge in [0.2, 0.25) is 5.91 Å². The molecule has 0 aromatic carbocycles. The molecule has 0 aliphatic carbocycles. The standard InChI is InChI=1S/C11H15N3O2/c1-4-9(15)14-7-11(8-14,16-3)10-12-5-6-13(10)2/h4-6H,1,7-8H2,2-3H3. The fourth-order valence-corrected chi connectivity index (χ4v) is 2.02. The third kappa shape index (κ3) is 1.44. The molecule has 5 heteroatoms. The van der Waals surface area contributed by atoms with Gasteiger partial charge in [-0.15, -0.1) is 0 Å². The third-order valence-electron chi connectivity index (χ3n) is 3.00. The molecule has 2 rings (SSSR count).